The van der Waals surface area contributed by atoms with Crippen molar-refractivity contribution in [2.24, 2.45) is 11.7 Å². The van der Waals surface area contributed by atoms with Crippen LogP contribution in [0.15, 0.2) is 17.6 Å². The molecule has 2 unspecified atom stereocenters. The Bertz CT molecular complexity index is 457. The van der Waals surface area contributed by atoms with Gasteiger partial charge < -0.3 is 10.7 Å². The zero-order valence-corrected chi connectivity index (χ0v) is 10.7. The average molecular weight is 258 g/mol. The molecule has 0 radical (unpaired) electrons. The van der Waals surface area contributed by atoms with Crippen LogP contribution in [0.3, 0.4) is 0 Å². The van der Waals surface area contributed by atoms with E-state index in [1.54, 1.807) is 0 Å². The van der Waals surface area contributed by atoms with Crippen LogP contribution in [0, 0.1) is 5.92 Å². The first-order chi connectivity index (χ1) is 8.05. The van der Waals surface area contributed by atoms with Gasteiger partial charge in [0.2, 0.25) is 0 Å². The Kier molecular flexibility index (Phi) is 3.50. The lowest BCUT2D eigenvalue weighted by Crippen LogP contribution is -2.49. The van der Waals surface area contributed by atoms with E-state index in [2.05, 4.69) is 16.9 Å². The maximum Gasteiger partial charge on any atom is 0.260 e. The van der Waals surface area contributed by atoms with Crippen LogP contribution in [0.25, 0.3) is 0 Å². The molecule has 3 N–H and O–H groups in total. The number of nitrogens with two attached hydrogens (primary N) is 1. The highest BCUT2D eigenvalue weighted by Gasteiger charge is 2.35. The molecule has 0 aliphatic carbocycles. The molecule has 7 heteroatoms. The normalized spacial score (nSPS) is 27.2. The Morgan fingerprint density at radius 3 is 3.00 bits per heavy atom. The van der Waals surface area contributed by atoms with Gasteiger partial charge in [0, 0.05) is 19.1 Å². The van der Waals surface area contributed by atoms with Crippen LogP contribution in [0.2, 0.25) is 0 Å². The third kappa shape index (κ3) is 2.36. The second-order valence-corrected chi connectivity index (χ2v) is 6.41. The van der Waals surface area contributed by atoms with E-state index in [-0.39, 0.29) is 11.1 Å². The van der Waals surface area contributed by atoms with E-state index < -0.39 is 10.0 Å². The molecule has 96 valence electrons. The Balaban J connectivity index is 2.27. The molecule has 0 amide bonds. The number of piperidine rings is 1. The van der Waals surface area contributed by atoms with E-state index in [4.69, 9.17) is 5.73 Å². The number of hydrogen-bond acceptors (Lipinski definition) is 4. The molecular formula is C10H18N4O2S. The average Bonchev–Trinajstić information content (AvgIpc) is 2.82. The number of nitrogens with zero attached hydrogens (tertiary/aromatic N) is 2. The van der Waals surface area contributed by atoms with Crippen molar-refractivity contribution in [1.82, 2.24) is 14.3 Å². The summed E-state index contributed by atoms with van der Waals surface area (Å²) in [6, 6.07) is -0.105. The maximum absolute atomic E-state index is 12.3. The lowest BCUT2D eigenvalue weighted by molar-refractivity contribution is 0.210. The van der Waals surface area contributed by atoms with Gasteiger partial charge in [-0.2, -0.15) is 4.31 Å². The largest absolute Gasteiger partial charge is 0.335 e. The summed E-state index contributed by atoms with van der Waals surface area (Å²) in [7, 11) is -3.47. The van der Waals surface area contributed by atoms with Gasteiger partial charge in [-0.1, -0.05) is 6.92 Å². The first kappa shape index (κ1) is 12.5. The number of rotatable bonds is 3. The molecule has 0 saturated carbocycles. The van der Waals surface area contributed by atoms with Gasteiger partial charge in [-0.25, -0.2) is 13.4 Å². The van der Waals surface area contributed by atoms with Gasteiger partial charge in [0.1, 0.15) is 0 Å². The number of aromatic nitrogens is 2. The zero-order valence-electron chi connectivity index (χ0n) is 9.83. The predicted octanol–water partition coefficient (Wildman–Crippen LogP) is 0.158. The number of nitrogens with one attached hydrogen (secondary N) is 1. The summed E-state index contributed by atoms with van der Waals surface area (Å²) in [6.07, 6.45) is 4.41. The van der Waals surface area contributed by atoms with Crippen LogP contribution in [0.5, 0.6) is 0 Å². The van der Waals surface area contributed by atoms with Gasteiger partial charge in [-0.15, -0.1) is 0 Å². The number of hydrogen-bond donors (Lipinski definition) is 2. The van der Waals surface area contributed by atoms with Crippen molar-refractivity contribution in [2.75, 3.05) is 13.1 Å². The second-order valence-electron chi connectivity index (χ2n) is 4.55. The van der Waals surface area contributed by atoms with Crippen molar-refractivity contribution in [3.05, 3.63) is 12.5 Å². The molecule has 0 bridgehead atoms. The molecule has 1 aromatic rings. The minimum Gasteiger partial charge on any atom is -0.335 e. The van der Waals surface area contributed by atoms with Crippen LogP contribution >= 0.6 is 0 Å². The van der Waals surface area contributed by atoms with Gasteiger partial charge >= 0.3 is 0 Å². The fourth-order valence-electron chi connectivity index (χ4n) is 2.27. The van der Waals surface area contributed by atoms with Crippen molar-refractivity contribution in [2.45, 2.75) is 30.8 Å². The van der Waals surface area contributed by atoms with E-state index >= 15 is 0 Å². The quantitative estimate of drug-likeness (QED) is 0.807. The topological polar surface area (TPSA) is 92.1 Å². The summed E-state index contributed by atoms with van der Waals surface area (Å²) in [5.74, 6) is 0.525. The van der Waals surface area contributed by atoms with Crippen molar-refractivity contribution < 1.29 is 8.42 Å². The van der Waals surface area contributed by atoms with Crippen LogP contribution in [0.4, 0.5) is 0 Å². The van der Waals surface area contributed by atoms with E-state index in [9.17, 15) is 8.42 Å². The fraction of sp³-hybridized carbons (Fsp3) is 0.700. The fourth-order valence-corrected chi connectivity index (χ4v) is 3.83. The van der Waals surface area contributed by atoms with Gasteiger partial charge in [0.15, 0.2) is 5.03 Å². The van der Waals surface area contributed by atoms with Crippen molar-refractivity contribution >= 4 is 10.0 Å². The molecule has 2 heterocycles. The second kappa shape index (κ2) is 4.75. The van der Waals surface area contributed by atoms with Gasteiger partial charge in [0.05, 0.1) is 12.5 Å². The highest BCUT2D eigenvalue weighted by Crippen LogP contribution is 2.26. The van der Waals surface area contributed by atoms with Gasteiger partial charge in [0.25, 0.3) is 10.0 Å². The molecule has 0 aromatic carbocycles. The summed E-state index contributed by atoms with van der Waals surface area (Å²) in [5.41, 5.74) is 5.67. The van der Waals surface area contributed by atoms with Crippen LogP contribution in [0.1, 0.15) is 19.8 Å². The Morgan fingerprint density at radius 1 is 1.65 bits per heavy atom. The Morgan fingerprint density at radius 2 is 2.41 bits per heavy atom. The number of imidazole rings is 1. The van der Waals surface area contributed by atoms with E-state index in [0.29, 0.717) is 19.0 Å². The predicted molar refractivity (Wildman–Crippen MR) is 63.7 cm³/mol. The number of H-pyrrole nitrogens is 1. The van der Waals surface area contributed by atoms with Crippen LogP contribution < -0.4 is 5.73 Å². The van der Waals surface area contributed by atoms with E-state index in [1.807, 2.05) is 0 Å². The Hall–Kier alpha value is -0.920. The highest BCUT2D eigenvalue weighted by molar-refractivity contribution is 7.89. The standard InChI is InChI=1S/C10H18N4O2S/c1-8-2-3-14(9(4-8)5-11)17(15,16)10-6-12-7-13-10/h6-9H,2-5,11H2,1H3,(H,12,13). The Labute approximate surface area is 101 Å². The third-order valence-corrected chi connectivity index (χ3v) is 5.13. The molecule has 6 nitrogen and oxygen atoms in total. The van der Waals surface area contributed by atoms with Gasteiger partial charge in [-0.3, -0.25) is 0 Å². The van der Waals surface area contributed by atoms with Gasteiger partial charge in [-0.05, 0) is 18.8 Å². The van der Waals surface area contributed by atoms with Crippen LogP contribution in [-0.4, -0.2) is 41.8 Å². The van der Waals surface area contributed by atoms with Crippen LogP contribution in [-0.2, 0) is 10.0 Å². The molecule has 1 aromatic heterocycles. The smallest absolute Gasteiger partial charge is 0.260 e. The minimum atomic E-state index is -3.47. The summed E-state index contributed by atoms with van der Waals surface area (Å²) < 4.78 is 26.1. The summed E-state index contributed by atoms with van der Waals surface area (Å²) >= 11 is 0. The molecule has 2 atom stereocenters. The summed E-state index contributed by atoms with van der Waals surface area (Å²) in [4.78, 5) is 6.41. The highest BCUT2D eigenvalue weighted by atomic mass is 32.2. The maximum atomic E-state index is 12.3. The van der Waals surface area contributed by atoms with E-state index in [1.165, 1.54) is 16.8 Å². The monoisotopic (exact) mass is 258 g/mol. The molecule has 0 spiro atoms. The SMILES string of the molecule is CC1CCN(S(=O)(=O)c2cnc[nH]2)C(CN)C1. The molecule has 17 heavy (non-hydrogen) atoms. The molecular weight excluding hydrogens is 240 g/mol. The molecule has 1 aliphatic rings. The molecule has 1 fully saturated rings. The number of aromatic amines is 1. The minimum absolute atomic E-state index is 0.105. The molecule has 1 aliphatic heterocycles. The summed E-state index contributed by atoms with van der Waals surface area (Å²) in [6.45, 7) is 3.02. The number of sulfonamides is 1. The summed E-state index contributed by atoms with van der Waals surface area (Å²) in [5, 5.41) is 0.144. The lowest BCUT2D eigenvalue weighted by atomic mass is 9.94. The first-order valence-electron chi connectivity index (χ1n) is 5.76. The zero-order chi connectivity index (χ0) is 12.5. The first-order valence-corrected chi connectivity index (χ1v) is 7.20. The molecule has 2 rings (SSSR count). The van der Waals surface area contributed by atoms with Crippen molar-refractivity contribution in [3.63, 3.8) is 0 Å². The third-order valence-electron chi connectivity index (χ3n) is 3.26. The van der Waals surface area contributed by atoms with Crippen molar-refractivity contribution in [1.29, 1.82) is 0 Å². The van der Waals surface area contributed by atoms with E-state index in [0.717, 1.165) is 12.8 Å². The lowest BCUT2D eigenvalue weighted by Gasteiger charge is -2.36. The molecule has 1 saturated heterocycles. The van der Waals surface area contributed by atoms with Crippen molar-refractivity contribution in [3.8, 4) is 0 Å².